The predicted octanol–water partition coefficient (Wildman–Crippen LogP) is 6.93. The Bertz CT molecular complexity index is 1590. The van der Waals surface area contributed by atoms with Crippen LogP contribution in [0.2, 0.25) is 5.02 Å². The van der Waals surface area contributed by atoms with Gasteiger partial charge in [-0.05, 0) is 66.6 Å². The van der Waals surface area contributed by atoms with Crippen LogP contribution in [0.25, 0.3) is 16.0 Å². The summed E-state index contributed by atoms with van der Waals surface area (Å²) < 4.78 is 12.1. The van der Waals surface area contributed by atoms with Crippen molar-refractivity contribution in [2.75, 3.05) is 18.1 Å². The zero-order valence-corrected chi connectivity index (χ0v) is 22.7. The molecule has 9 heteroatoms. The smallest absolute Gasteiger partial charge is 0.301 e. The molecule has 1 aliphatic heterocycles. The van der Waals surface area contributed by atoms with Crippen LogP contribution in [0.15, 0.2) is 85.0 Å². The molecule has 7 nitrogen and oxygen atoms in total. The maximum absolute atomic E-state index is 13.5. The van der Waals surface area contributed by atoms with E-state index in [-0.39, 0.29) is 17.9 Å². The number of aromatic nitrogens is 1. The molecule has 0 bridgehead atoms. The third kappa shape index (κ3) is 5.26. The number of thiazole rings is 1. The first-order valence-electron chi connectivity index (χ1n) is 12.3. The quantitative estimate of drug-likeness (QED) is 0.103. The topological polar surface area (TPSA) is 89.0 Å². The van der Waals surface area contributed by atoms with Gasteiger partial charge in [0.25, 0.3) is 5.78 Å². The van der Waals surface area contributed by atoms with Crippen LogP contribution in [0.5, 0.6) is 11.5 Å². The van der Waals surface area contributed by atoms with Gasteiger partial charge in [0.1, 0.15) is 23.9 Å². The van der Waals surface area contributed by atoms with Crippen LogP contribution in [0, 0.1) is 0 Å². The number of anilines is 1. The molecule has 1 atom stereocenters. The summed E-state index contributed by atoms with van der Waals surface area (Å²) in [6, 6.07) is 18.1. The first-order valence-corrected chi connectivity index (χ1v) is 13.5. The van der Waals surface area contributed by atoms with E-state index in [0.29, 0.717) is 44.9 Å². The van der Waals surface area contributed by atoms with E-state index in [2.05, 4.69) is 11.6 Å². The second kappa shape index (κ2) is 11.3. The molecule has 4 aromatic rings. The Morgan fingerprint density at radius 1 is 1.10 bits per heavy atom. The average molecular weight is 561 g/mol. The summed E-state index contributed by atoms with van der Waals surface area (Å²) in [6.07, 6.45) is 2.48. The van der Waals surface area contributed by atoms with Crippen molar-refractivity contribution in [2.45, 2.75) is 19.4 Å². The zero-order chi connectivity index (χ0) is 27.5. The molecule has 1 saturated heterocycles. The van der Waals surface area contributed by atoms with Gasteiger partial charge in [0.05, 0.1) is 28.4 Å². The van der Waals surface area contributed by atoms with E-state index in [1.807, 2.05) is 6.92 Å². The van der Waals surface area contributed by atoms with E-state index in [4.69, 9.17) is 21.1 Å². The van der Waals surface area contributed by atoms with Crippen molar-refractivity contribution in [1.82, 2.24) is 4.98 Å². The Morgan fingerprint density at radius 2 is 1.90 bits per heavy atom. The lowest BCUT2D eigenvalue weighted by Crippen LogP contribution is -2.29. The van der Waals surface area contributed by atoms with Crippen molar-refractivity contribution in [1.29, 1.82) is 0 Å². The van der Waals surface area contributed by atoms with Gasteiger partial charge in [0.15, 0.2) is 5.13 Å². The minimum Gasteiger partial charge on any atom is -0.507 e. The Kier molecular flexibility index (Phi) is 7.67. The van der Waals surface area contributed by atoms with E-state index in [1.165, 1.54) is 16.2 Å². The van der Waals surface area contributed by atoms with E-state index in [0.717, 1.165) is 11.1 Å². The first-order chi connectivity index (χ1) is 18.9. The molecule has 0 radical (unpaired) electrons. The summed E-state index contributed by atoms with van der Waals surface area (Å²) in [4.78, 5) is 33.0. The SMILES string of the molecule is C=CCOc1cccc(C2/C(=C(\O)c3ccc(OCCC)cc3)C(=O)C(=O)N2c2nc3ccc(Cl)cc3s2)c1. The number of rotatable bonds is 9. The summed E-state index contributed by atoms with van der Waals surface area (Å²) >= 11 is 7.41. The van der Waals surface area contributed by atoms with Gasteiger partial charge in [0.2, 0.25) is 0 Å². The fourth-order valence-corrected chi connectivity index (χ4v) is 5.62. The van der Waals surface area contributed by atoms with Crippen molar-refractivity contribution in [3.8, 4) is 11.5 Å². The first kappa shape index (κ1) is 26.5. The highest BCUT2D eigenvalue weighted by Crippen LogP contribution is 2.45. The predicted molar refractivity (Wildman–Crippen MR) is 154 cm³/mol. The Labute approximate surface area is 234 Å². The number of halogens is 1. The molecule has 5 rings (SSSR count). The summed E-state index contributed by atoms with van der Waals surface area (Å²) in [5.74, 6) is -0.702. The number of carbonyl (C=O) groups excluding carboxylic acids is 2. The fraction of sp³-hybridized carbons (Fsp3) is 0.167. The Hall–Kier alpha value is -4.14. The number of Topliss-reactive ketones (excluding diaryl/α,β-unsaturated/α-hetero) is 1. The van der Waals surface area contributed by atoms with Crippen LogP contribution in [-0.2, 0) is 9.59 Å². The normalized spacial score (nSPS) is 16.6. The number of nitrogens with zero attached hydrogens (tertiary/aromatic N) is 2. The van der Waals surface area contributed by atoms with Gasteiger partial charge >= 0.3 is 5.91 Å². The lowest BCUT2D eigenvalue weighted by Gasteiger charge is -2.23. The molecule has 0 aliphatic carbocycles. The Morgan fingerprint density at radius 3 is 2.64 bits per heavy atom. The van der Waals surface area contributed by atoms with Crippen molar-refractivity contribution >= 4 is 55.7 Å². The van der Waals surface area contributed by atoms with Gasteiger partial charge in [-0.15, -0.1) is 0 Å². The number of fused-ring (bicyclic) bond motifs is 1. The highest BCUT2D eigenvalue weighted by molar-refractivity contribution is 7.22. The van der Waals surface area contributed by atoms with Crippen molar-refractivity contribution in [3.05, 3.63) is 101 Å². The van der Waals surface area contributed by atoms with Crippen molar-refractivity contribution in [3.63, 3.8) is 0 Å². The zero-order valence-electron chi connectivity index (χ0n) is 21.1. The number of aliphatic hydroxyl groups excluding tert-OH is 1. The van der Waals surface area contributed by atoms with Crippen LogP contribution in [0.3, 0.4) is 0 Å². The number of hydrogen-bond acceptors (Lipinski definition) is 7. The molecule has 1 aliphatic rings. The Balaban J connectivity index is 1.65. The molecule has 1 N–H and O–H groups in total. The third-order valence-corrected chi connectivity index (χ3v) is 7.38. The number of benzene rings is 3. The van der Waals surface area contributed by atoms with Gasteiger partial charge in [-0.25, -0.2) is 4.98 Å². The third-order valence-electron chi connectivity index (χ3n) is 6.13. The van der Waals surface area contributed by atoms with E-state index >= 15 is 0 Å². The largest absolute Gasteiger partial charge is 0.507 e. The molecule has 1 amide bonds. The van der Waals surface area contributed by atoms with E-state index < -0.39 is 17.7 Å². The molecular weight excluding hydrogens is 536 g/mol. The van der Waals surface area contributed by atoms with E-state index in [9.17, 15) is 14.7 Å². The van der Waals surface area contributed by atoms with Crippen LogP contribution in [-0.4, -0.2) is 35.0 Å². The fourth-order valence-electron chi connectivity index (χ4n) is 4.35. The number of ether oxygens (including phenoxy) is 2. The van der Waals surface area contributed by atoms with Crippen LogP contribution in [0.1, 0.15) is 30.5 Å². The number of amides is 1. The second-order valence-corrected chi connectivity index (χ2v) is 10.3. The number of hydrogen-bond donors (Lipinski definition) is 1. The van der Waals surface area contributed by atoms with Crippen LogP contribution < -0.4 is 14.4 Å². The molecule has 3 aromatic carbocycles. The highest BCUT2D eigenvalue weighted by atomic mass is 35.5. The maximum Gasteiger partial charge on any atom is 0.301 e. The molecular formula is C30H25ClN2O5S. The molecule has 0 saturated carbocycles. The molecule has 2 heterocycles. The molecule has 1 aromatic heterocycles. The van der Waals surface area contributed by atoms with Gasteiger partial charge in [-0.3, -0.25) is 14.5 Å². The molecule has 1 fully saturated rings. The minimum atomic E-state index is -0.940. The van der Waals surface area contributed by atoms with Crippen LogP contribution >= 0.6 is 22.9 Å². The second-order valence-electron chi connectivity index (χ2n) is 8.82. The van der Waals surface area contributed by atoms with Gasteiger partial charge in [-0.2, -0.15) is 0 Å². The lowest BCUT2D eigenvalue weighted by molar-refractivity contribution is -0.132. The number of aliphatic hydroxyl groups is 1. The van der Waals surface area contributed by atoms with Gasteiger partial charge in [0, 0.05) is 10.6 Å². The van der Waals surface area contributed by atoms with Crippen LogP contribution in [0.4, 0.5) is 5.13 Å². The molecule has 1 unspecified atom stereocenters. The number of carbonyl (C=O) groups is 2. The summed E-state index contributed by atoms with van der Waals surface area (Å²) in [7, 11) is 0. The van der Waals surface area contributed by atoms with Crippen molar-refractivity contribution < 1.29 is 24.2 Å². The average Bonchev–Trinajstić information content (AvgIpc) is 3.48. The monoisotopic (exact) mass is 560 g/mol. The maximum atomic E-state index is 13.5. The van der Waals surface area contributed by atoms with Gasteiger partial charge in [-0.1, -0.05) is 54.6 Å². The standard InChI is InChI=1S/C30H25ClN2O5S/c1-3-14-37-21-11-8-18(9-12-21)27(34)25-26(19-6-5-7-22(16-19)38-15-4-2)33(29(36)28(25)35)30-32-23-13-10-20(31)17-24(23)39-30/h4-13,16-17,26,34H,2-3,14-15H2,1H3/b27-25+. The molecule has 39 heavy (non-hydrogen) atoms. The van der Waals surface area contributed by atoms with Gasteiger partial charge < -0.3 is 14.6 Å². The van der Waals surface area contributed by atoms with E-state index in [1.54, 1.807) is 72.8 Å². The molecule has 198 valence electrons. The summed E-state index contributed by atoms with van der Waals surface area (Å²) in [5.41, 5.74) is 1.57. The molecule has 0 spiro atoms. The number of ketones is 1. The van der Waals surface area contributed by atoms with Crippen molar-refractivity contribution in [2.24, 2.45) is 0 Å². The summed E-state index contributed by atoms with van der Waals surface area (Å²) in [6.45, 7) is 6.54. The highest BCUT2D eigenvalue weighted by Gasteiger charge is 2.48. The minimum absolute atomic E-state index is 0.0413. The summed E-state index contributed by atoms with van der Waals surface area (Å²) in [5, 5.41) is 12.3. The lowest BCUT2D eigenvalue weighted by atomic mass is 9.95.